The fourth-order valence-corrected chi connectivity index (χ4v) is 1.93. The van der Waals surface area contributed by atoms with Crippen LogP contribution in [0.4, 0.5) is 0 Å². The lowest BCUT2D eigenvalue weighted by molar-refractivity contribution is 0.182. The van der Waals surface area contributed by atoms with Crippen molar-refractivity contribution in [1.29, 1.82) is 0 Å². The second-order valence-electron chi connectivity index (χ2n) is 3.59. The molecule has 17 heavy (non-hydrogen) atoms. The van der Waals surface area contributed by atoms with E-state index in [1.807, 2.05) is 22.9 Å². The minimum Gasteiger partial charge on any atom is -0.452 e. The molecule has 5 nitrogen and oxygen atoms in total. The van der Waals surface area contributed by atoms with Crippen LogP contribution < -0.4 is 5.73 Å². The van der Waals surface area contributed by atoms with Crippen molar-refractivity contribution >= 4 is 15.9 Å². The molecule has 2 heterocycles. The molecule has 0 amide bonds. The number of nitrogens with two attached hydrogens (primary N) is 1. The molecule has 1 unspecified atom stereocenters. The molecule has 0 radical (unpaired) electrons. The molecule has 2 aromatic heterocycles. The molecule has 2 aromatic rings. The molecule has 0 fully saturated rings. The van der Waals surface area contributed by atoms with E-state index in [0.717, 1.165) is 5.69 Å². The van der Waals surface area contributed by atoms with Gasteiger partial charge in [-0.1, -0.05) is 0 Å². The third kappa shape index (κ3) is 2.77. The summed E-state index contributed by atoms with van der Waals surface area (Å²) in [6, 6.07) is 5.24. The maximum Gasteiger partial charge on any atom is 0.169 e. The molecule has 0 aliphatic carbocycles. The van der Waals surface area contributed by atoms with Gasteiger partial charge in [-0.2, -0.15) is 5.10 Å². The molecule has 0 aliphatic heterocycles. The van der Waals surface area contributed by atoms with Crippen LogP contribution in [0, 0.1) is 0 Å². The number of halogens is 1. The molecule has 92 valence electrons. The number of rotatable bonds is 5. The van der Waals surface area contributed by atoms with E-state index in [9.17, 15) is 0 Å². The Morgan fingerprint density at radius 3 is 3.00 bits per heavy atom. The van der Waals surface area contributed by atoms with Gasteiger partial charge in [0.2, 0.25) is 0 Å². The number of ether oxygens (including phenoxy) is 1. The zero-order valence-electron chi connectivity index (χ0n) is 9.47. The Kier molecular flexibility index (Phi) is 3.98. The minimum absolute atomic E-state index is 0.319. The Hall–Kier alpha value is -1.11. The average molecular weight is 300 g/mol. The summed E-state index contributed by atoms with van der Waals surface area (Å²) in [7, 11) is 1.66. The number of nitrogens with zero attached hydrogens (tertiary/aromatic N) is 2. The summed E-state index contributed by atoms with van der Waals surface area (Å²) < 4.78 is 13.0. The molecule has 0 saturated heterocycles. The van der Waals surface area contributed by atoms with E-state index >= 15 is 0 Å². The second kappa shape index (κ2) is 5.48. The SMILES string of the molecule is COCCn1nccc1C(N)c1ccc(Br)o1. The Morgan fingerprint density at radius 2 is 2.35 bits per heavy atom. The predicted octanol–water partition coefficient (Wildman–Crippen LogP) is 1.93. The smallest absolute Gasteiger partial charge is 0.169 e. The lowest BCUT2D eigenvalue weighted by Crippen LogP contribution is -2.18. The van der Waals surface area contributed by atoms with Gasteiger partial charge in [-0.15, -0.1) is 0 Å². The summed E-state index contributed by atoms with van der Waals surface area (Å²) in [5.41, 5.74) is 7.04. The van der Waals surface area contributed by atoms with Crippen molar-refractivity contribution in [3.8, 4) is 0 Å². The Bertz CT molecular complexity index is 481. The topological polar surface area (TPSA) is 66.2 Å². The molecular weight excluding hydrogens is 286 g/mol. The van der Waals surface area contributed by atoms with Crippen LogP contribution in [-0.4, -0.2) is 23.5 Å². The summed E-state index contributed by atoms with van der Waals surface area (Å²) in [5, 5.41) is 4.21. The van der Waals surface area contributed by atoms with Crippen molar-refractivity contribution < 1.29 is 9.15 Å². The molecule has 0 spiro atoms. The van der Waals surface area contributed by atoms with Gasteiger partial charge in [0.25, 0.3) is 0 Å². The molecule has 0 saturated carbocycles. The summed E-state index contributed by atoms with van der Waals surface area (Å²) in [6.45, 7) is 1.28. The second-order valence-corrected chi connectivity index (χ2v) is 4.37. The largest absolute Gasteiger partial charge is 0.452 e. The highest BCUT2D eigenvalue weighted by Gasteiger charge is 2.17. The maximum atomic E-state index is 6.13. The van der Waals surface area contributed by atoms with Gasteiger partial charge < -0.3 is 14.9 Å². The van der Waals surface area contributed by atoms with Gasteiger partial charge in [-0.3, -0.25) is 4.68 Å². The van der Waals surface area contributed by atoms with E-state index in [4.69, 9.17) is 14.9 Å². The highest BCUT2D eigenvalue weighted by atomic mass is 79.9. The molecule has 1 atom stereocenters. The van der Waals surface area contributed by atoms with Gasteiger partial charge in [-0.25, -0.2) is 0 Å². The van der Waals surface area contributed by atoms with Crippen molar-refractivity contribution in [3.63, 3.8) is 0 Å². The fourth-order valence-electron chi connectivity index (χ4n) is 1.61. The van der Waals surface area contributed by atoms with E-state index < -0.39 is 0 Å². The van der Waals surface area contributed by atoms with Crippen LogP contribution >= 0.6 is 15.9 Å². The molecule has 6 heteroatoms. The number of furan rings is 1. The molecule has 2 N–H and O–H groups in total. The summed E-state index contributed by atoms with van der Waals surface area (Å²) in [6.07, 6.45) is 1.73. The Balaban J connectivity index is 2.18. The highest BCUT2D eigenvalue weighted by Crippen LogP contribution is 2.23. The van der Waals surface area contributed by atoms with E-state index in [2.05, 4.69) is 21.0 Å². The van der Waals surface area contributed by atoms with Crippen LogP contribution in [0.25, 0.3) is 0 Å². The molecule has 0 bridgehead atoms. The van der Waals surface area contributed by atoms with Crippen LogP contribution in [0.15, 0.2) is 33.5 Å². The van der Waals surface area contributed by atoms with Gasteiger partial charge in [-0.05, 0) is 34.1 Å². The third-order valence-electron chi connectivity index (χ3n) is 2.48. The van der Waals surface area contributed by atoms with Gasteiger partial charge in [0, 0.05) is 13.3 Å². The van der Waals surface area contributed by atoms with Crippen molar-refractivity contribution in [1.82, 2.24) is 9.78 Å². The van der Waals surface area contributed by atoms with Crippen molar-refractivity contribution in [3.05, 3.63) is 40.5 Å². The van der Waals surface area contributed by atoms with Crippen molar-refractivity contribution in [2.24, 2.45) is 5.73 Å². The average Bonchev–Trinajstić information content (AvgIpc) is 2.94. The maximum absolute atomic E-state index is 6.13. The van der Waals surface area contributed by atoms with Crippen molar-refractivity contribution in [2.45, 2.75) is 12.6 Å². The van der Waals surface area contributed by atoms with Crippen molar-refractivity contribution in [2.75, 3.05) is 13.7 Å². The van der Waals surface area contributed by atoms with Gasteiger partial charge in [0.05, 0.1) is 18.8 Å². The minimum atomic E-state index is -0.319. The number of methoxy groups -OCH3 is 1. The Labute approximate surface area is 108 Å². The predicted molar refractivity (Wildman–Crippen MR) is 66.5 cm³/mol. The molecular formula is C11H14BrN3O2. The normalized spacial score (nSPS) is 12.9. The molecule has 2 rings (SSSR count). The summed E-state index contributed by atoms with van der Waals surface area (Å²) in [5.74, 6) is 0.705. The molecule has 0 aliphatic rings. The van der Waals surface area contributed by atoms with Gasteiger partial charge >= 0.3 is 0 Å². The quantitative estimate of drug-likeness (QED) is 0.916. The number of hydrogen-bond donors (Lipinski definition) is 1. The molecule has 0 aromatic carbocycles. The first-order valence-electron chi connectivity index (χ1n) is 5.24. The standard InChI is InChI=1S/C11H14BrN3O2/c1-16-7-6-15-8(4-5-14-15)11(13)9-2-3-10(12)17-9/h2-5,11H,6-7,13H2,1H3. The van der Waals surface area contributed by atoms with E-state index in [-0.39, 0.29) is 6.04 Å². The third-order valence-corrected chi connectivity index (χ3v) is 2.90. The van der Waals surface area contributed by atoms with E-state index in [1.54, 1.807) is 13.3 Å². The van der Waals surface area contributed by atoms with E-state index in [0.29, 0.717) is 23.6 Å². The number of aromatic nitrogens is 2. The highest BCUT2D eigenvalue weighted by molar-refractivity contribution is 9.10. The van der Waals surface area contributed by atoms with Crippen LogP contribution in [0.3, 0.4) is 0 Å². The van der Waals surface area contributed by atoms with Gasteiger partial charge in [0.15, 0.2) is 4.67 Å². The monoisotopic (exact) mass is 299 g/mol. The lowest BCUT2D eigenvalue weighted by Gasteiger charge is -2.11. The van der Waals surface area contributed by atoms with Crippen LogP contribution in [0.2, 0.25) is 0 Å². The van der Waals surface area contributed by atoms with Crippen LogP contribution in [0.1, 0.15) is 17.5 Å². The lowest BCUT2D eigenvalue weighted by atomic mass is 10.2. The Morgan fingerprint density at radius 1 is 1.53 bits per heavy atom. The first-order chi connectivity index (χ1) is 8.22. The first kappa shape index (κ1) is 12.3. The van der Waals surface area contributed by atoms with Crippen LogP contribution in [0.5, 0.6) is 0 Å². The van der Waals surface area contributed by atoms with Gasteiger partial charge in [0.1, 0.15) is 11.8 Å². The summed E-state index contributed by atoms with van der Waals surface area (Å²) >= 11 is 3.26. The first-order valence-corrected chi connectivity index (χ1v) is 6.03. The van der Waals surface area contributed by atoms with Crippen LogP contribution in [-0.2, 0) is 11.3 Å². The van der Waals surface area contributed by atoms with E-state index in [1.165, 1.54) is 0 Å². The number of hydrogen-bond acceptors (Lipinski definition) is 4. The fraction of sp³-hybridized carbons (Fsp3) is 0.364. The zero-order chi connectivity index (χ0) is 12.3. The zero-order valence-corrected chi connectivity index (χ0v) is 11.1. The summed E-state index contributed by atoms with van der Waals surface area (Å²) in [4.78, 5) is 0.